The third-order valence-corrected chi connectivity index (χ3v) is 5.70. The van der Waals surface area contributed by atoms with Crippen LogP contribution < -0.4 is 10.1 Å². The van der Waals surface area contributed by atoms with Crippen LogP contribution in [0.4, 0.5) is 5.69 Å². The molecule has 0 radical (unpaired) electrons. The molecular formula is C14H6Cl7NO2. The average Bonchev–Trinajstić information content (AvgIpc) is 2.54. The second kappa shape index (κ2) is 8.41. The molecule has 0 aliphatic rings. The van der Waals surface area contributed by atoms with Gasteiger partial charge in [-0.3, -0.25) is 4.79 Å². The molecule has 2 aromatic rings. The van der Waals surface area contributed by atoms with Gasteiger partial charge < -0.3 is 10.1 Å². The molecule has 128 valence electrons. The maximum Gasteiger partial charge on any atom is 0.262 e. The van der Waals surface area contributed by atoms with E-state index in [0.717, 1.165) is 0 Å². The zero-order chi connectivity index (χ0) is 18.0. The highest BCUT2D eigenvalue weighted by atomic mass is 35.5. The number of halogens is 7. The van der Waals surface area contributed by atoms with E-state index in [9.17, 15) is 4.79 Å². The largest absolute Gasteiger partial charge is 0.481 e. The fraction of sp³-hybridized carbons (Fsp3) is 0.0714. The van der Waals surface area contributed by atoms with Gasteiger partial charge >= 0.3 is 0 Å². The number of nitrogens with one attached hydrogen (secondary N) is 1. The van der Waals surface area contributed by atoms with Gasteiger partial charge in [0.2, 0.25) is 0 Å². The van der Waals surface area contributed by atoms with E-state index in [1.54, 1.807) is 12.1 Å². The fourth-order valence-corrected chi connectivity index (χ4v) is 3.15. The van der Waals surface area contributed by atoms with Crippen LogP contribution in [0.25, 0.3) is 0 Å². The minimum atomic E-state index is -0.484. The minimum absolute atomic E-state index is 0.000871. The lowest BCUT2D eigenvalue weighted by Gasteiger charge is -2.13. The van der Waals surface area contributed by atoms with Crippen molar-refractivity contribution in [3.63, 3.8) is 0 Å². The molecule has 24 heavy (non-hydrogen) atoms. The summed E-state index contributed by atoms with van der Waals surface area (Å²) in [6.07, 6.45) is 0. The van der Waals surface area contributed by atoms with Crippen molar-refractivity contribution in [1.29, 1.82) is 0 Å². The SMILES string of the molecule is O=C(COc1c(Cl)c(Cl)c(Cl)c(Cl)c1Cl)Nc1ccc(Cl)c(Cl)c1. The summed E-state index contributed by atoms with van der Waals surface area (Å²) in [7, 11) is 0. The molecule has 0 spiro atoms. The van der Waals surface area contributed by atoms with Gasteiger partial charge in [0.15, 0.2) is 12.4 Å². The van der Waals surface area contributed by atoms with E-state index < -0.39 is 12.5 Å². The first-order valence-electron chi connectivity index (χ1n) is 6.11. The standard InChI is InChI=1S/C14H6Cl7NO2/c15-6-2-1-5(3-7(6)16)22-8(23)4-24-14-12(20)10(18)9(17)11(19)13(14)21/h1-3H,4H2,(H,22,23). The van der Waals surface area contributed by atoms with Gasteiger partial charge in [-0.1, -0.05) is 81.2 Å². The Bertz CT molecular complexity index is 781. The second-order valence-electron chi connectivity index (χ2n) is 4.36. The molecule has 0 unspecified atom stereocenters. The molecule has 2 aromatic carbocycles. The topological polar surface area (TPSA) is 38.3 Å². The lowest BCUT2D eigenvalue weighted by atomic mass is 10.3. The number of amides is 1. The van der Waals surface area contributed by atoms with Crippen molar-refractivity contribution in [2.24, 2.45) is 0 Å². The summed E-state index contributed by atoms with van der Waals surface area (Å²) >= 11 is 41.4. The van der Waals surface area contributed by atoms with Crippen LogP contribution in [-0.2, 0) is 4.79 Å². The summed E-state index contributed by atoms with van der Waals surface area (Å²) in [6, 6.07) is 4.63. The Balaban J connectivity index is 2.11. The Hall–Kier alpha value is -0.260. The van der Waals surface area contributed by atoms with Crippen molar-refractivity contribution in [3.05, 3.63) is 53.4 Å². The zero-order valence-corrected chi connectivity index (χ0v) is 16.7. The maximum absolute atomic E-state index is 12.0. The van der Waals surface area contributed by atoms with Crippen molar-refractivity contribution in [2.45, 2.75) is 0 Å². The molecule has 0 aromatic heterocycles. The number of benzene rings is 2. The predicted molar refractivity (Wildman–Crippen MR) is 102 cm³/mol. The van der Waals surface area contributed by atoms with E-state index in [0.29, 0.717) is 15.7 Å². The molecule has 10 heteroatoms. The van der Waals surface area contributed by atoms with Crippen molar-refractivity contribution >= 4 is 92.8 Å². The van der Waals surface area contributed by atoms with Gasteiger partial charge in [-0.25, -0.2) is 0 Å². The van der Waals surface area contributed by atoms with Crippen LogP contribution >= 0.6 is 81.2 Å². The lowest BCUT2D eigenvalue weighted by molar-refractivity contribution is -0.118. The van der Waals surface area contributed by atoms with Crippen LogP contribution in [0.2, 0.25) is 35.2 Å². The maximum atomic E-state index is 12.0. The van der Waals surface area contributed by atoms with Crippen molar-refractivity contribution < 1.29 is 9.53 Å². The van der Waals surface area contributed by atoms with Gasteiger partial charge in [-0.15, -0.1) is 0 Å². The number of carbonyl (C=O) groups excluding carboxylic acids is 1. The predicted octanol–water partition coefficient (Wildman–Crippen LogP) is 7.28. The molecule has 0 atom stereocenters. The van der Waals surface area contributed by atoms with E-state index in [1.165, 1.54) is 6.07 Å². The first kappa shape index (κ1) is 20.1. The Morgan fingerprint density at radius 3 is 1.92 bits per heavy atom. The summed E-state index contributed by atoms with van der Waals surface area (Å²) in [5, 5.41) is 3.12. The molecule has 0 saturated carbocycles. The number of carbonyl (C=O) groups is 1. The van der Waals surface area contributed by atoms with Crippen molar-refractivity contribution in [2.75, 3.05) is 11.9 Å². The lowest BCUT2D eigenvalue weighted by Crippen LogP contribution is -2.20. The molecule has 0 bridgehead atoms. The molecule has 3 nitrogen and oxygen atoms in total. The van der Waals surface area contributed by atoms with Crippen LogP contribution in [0, 0.1) is 0 Å². The van der Waals surface area contributed by atoms with Crippen LogP contribution in [0.5, 0.6) is 5.75 Å². The van der Waals surface area contributed by atoms with Crippen molar-refractivity contribution in [3.8, 4) is 5.75 Å². The highest BCUT2D eigenvalue weighted by molar-refractivity contribution is 6.55. The highest BCUT2D eigenvalue weighted by Gasteiger charge is 2.21. The van der Waals surface area contributed by atoms with Gasteiger partial charge in [-0.05, 0) is 18.2 Å². The second-order valence-corrected chi connectivity index (χ2v) is 7.07. The van der Waals surface area contributed by atoms with Crippen LogP contribution in [0.15, 0.2) is 18.2 Å². The number of ether oxygens (including phenoxy) is 1. The van der Waals surface area contributed by atoms with E-state index in [2.05, 4.69) is 5.32 Å². The quantitative estimate of drug-likeness (QED) is 0.378. The van der Waals surface area contributed by atoms with E-state index in [4.69, 9.17) is 85.9 Å². The summed E-state index contributed by atoms with van der Waals surface area (Å²) < 4.78 is 5.31. The minimum Gasteiger partial charge on any atom is -0.481 e. The summed E-state index contributed by atoms with van der Waals surface area (Å²) in [6.45, 7) is -0.395. The van der Waals surface area contributed by atoms with Crippen molar-refractivity contribution in [1.82, 2.24) is 0 Å². The van der Waals surface area contributed by atoms with E-state index in [1.807, 2.05) is 0 Å². The number of rotatable bonds is 4. The molecule has 1 N–H and O–H groups in total. The van der Waals surface area contributed by atoms with Gasteiger partial charge in [0, 0.05) is 5.69 Å². The van der Waals surface area contributed by atoms with Gasteiger partial charge in [-0.2, -0.15) is 0 Å². The van der Waals surface area contributed by atoms with E-state index >= 15 is 0 Å². The molecule has 0 fully saturated rings. The van der Waals surface area contributed by atoms with Crippen LogP contribution in [-0.4, -0.2) is 12.5 Å². The van der Waals surface area contributed by atoms with Gasteiger partial charge in [0.05, 0.1) is 25.1 Å². The molecule has 2 rings (SSSR count). The Morgan fingerprint density at radius 1 is 0.833 bits per heavy atom. The summed E-state index contributed by atoms with van der Waals surface area (Å²) in [5.74, 6) is -0.523. The van der Waals surface area contributed by atoms with Gasteiger partial charge in [0.25, 0.3) is 5.91 Å². The fourth-order valence-electron chi connectivity index (χ4n) is 1.62. The smallest absolute Gasteiger partial charge is 0.262 e. The van der Waals surface area contributed by atoms with Crippen LogP contribution in [0.1, 0.15) is 0 Å². The number of anilines is 1. The highest BCUT2D eigenvalue weighted by Crippen LogP contribution is 2.48. The summed E-state index contributed by atoms with van der Waals surface area (Å²) in [5.41, 5.74) is 0.447. The first-order valence-corrected chi connectivity index (χ1v) is 8.76. The molecule has 0 aliphatic heterocycles. The Kier molecular flexibility index (Phi) is 7.03. The Morgan fingerprint density at radius 2 is 1.38 bits per heavy atom. The molecular weight excluding hydrogens is 462 g/mol. The third-order valence-electron chi connectivity index (χ3n) is 2.72. The number of hydrogen-bond donors (Lipinski definition) is 1. The molecule has 0 heterocycles. The number of hydrogen-bond acceptors (Lipinski definition) is 2. The zero-order valence-electron chi connectivity index (χ0n) is 11.4. The summed E-state index contributed by atoms with van der Waals surface area (Å²) in [4.78, 5) is 12.0. The molecule has 0 aliphatic carbocycles. The van der Waals surface area contributed by atoms with Gasteiger partial charge in [0.1, 0.15) is 10.0 Å². The normalized spacial score (nSPS) is 10.6. The van der Waals surface area contributed by atoms with E-state index in [-0.39, 0.29) is 30.9 Å². The average molecular weight is 468 g/mol. The first-order chi connectivity index (χ1) is 11.2. The molecule has 1 amide bonds. The monoisotopic (exact) mass is 465 g/mol. The third kappa shape index (κ3) is 4.47. The Labute approximate surface area is 172 Å². The van der Waals surface area contributed by atoms with Crippen LogP contribution in [0.3, 0.4) is 0 Å². The molecule has 0 saturated heterocycles.